The van der Waals surface area contributed by atoms with Gasteiger partial charge in [0, 0.05) is 13.0 Å². The van der Waals surface area contributed by atoms with E-state index in [2.05, 4.69) is 16.7 Å². The Morgan fingerprint density at radius 1 is 1.18 bits per heavy atom. The maximum absolute atomic E-state index is 14.2. The van der Waals surface area contributed by atoms with Crippen molar-refractivity contribution < 1.29 is 28.7 Å². The van der Waals surface area contributed by atoms with Crippen LogP contribution >= 0.6 is 0 Å². The minimum absolute atomic E-state index is 0.00131. The lowest BCUT2D eigenvalue weighted by atomic mass is 9.82. The molecule has 3 aliphatic heterocycles. The van der Waals surface area contributed by atoms with E-state index >= 15 is 0 Å². The van der Waals surface area contributed by atoms with Crippen LogP contribution in [0, 0.1) is 22.2 Å². The van der Waals surface area contributed by atoms with Crippen molar-refractivity contribution in [3.63, 3.8) is 0 Å². The molecule has 1 aliphatic carbocycles. The highest BCUT2D eigenvalue weighted by Gasteiger charge is 2.59. The van der Waals surface area contributed by atoms with Crippen molar-refractivity contribution in [1.82, 2.24) is 15.1 Å². The minimum Gasteiger partial charge on any atom is -0.473 e. The van der Waals surface area contributed by atoms with E-state index in [9.17, 15) is 24.4 Å². The number of nitrogens with zero attached hydrogens (tertiary/aromatic N) is 3. The highest BCUT2D eigenvalue weighted by molar-refractivity contribution is 6.02. The zero-order chi connectivity index (χ0) is 28.2. The molecule has 4 unspecified atom stereocenters. The normalized spacial score (nSPS) is 27.6. The summed E-state index contributed by atoms with van der Waals surface area (Å²) >= 11 is 0. The van der Waals surface area contributed by atoms with Crippen molar-refractivity contribution in [3.8, 4) is 11.8 Å². The second-order valence-corrected chi connectivity index (χ2v) is 12.3. The molecular formula is C28H35N5O6. The van der Waals surface area contributed by atoms with Gasteiger partial charge in [0.25, 0.3) is 5.91 Å². The minimum atomic E-state index is -1.40. The van der Waals surface area contributed by atoms with Crippen LogP contribution in [0.4, 0.5) is 10.5 Å². The number of para-hydroxylation sites is 2. The number of fused-ring (bicyclic) bond motifs is 1. The third kappa shape index (κ3) is 4.77. The molecule has 1 aromatic rings. The molecule has 1 aromatic carbocycles. The number of likely N-dealkylation sites (tertiary alicyclic amines) is 2. The Bertz CT molecular complexity index is 1250. The average Bonchev–Trinajstić information content (AvgIpc) is 3.55. The molecule has 4 atom stereocenters. The average molecular weight is 538 g/mol. The Hall–Kier alpha value is -3.81. The van der Waals surface area contributed by atoms with Crippen LogP contribution in [0.25, 0.3) is 0 Å². The van der Waals surface area contributed by atoms with Gasteiger partial charge >= 0.3 is 6.09 Å². The number of amides is 4. The monoisotopic (exact) mass is 537 g/mol. The van der Waals surface area contributed by atoms with E-state index in [-0.39, 0.29) is 30.2 Å². The standard InChI is InChI=1S/C28H35N5O6/c1-26(2,3)21(31-25(37)38-4)23(35)32-12-11-27(9-10-27)14-19(32)22(34)33-16-28(13-17(33)15-29)24(36)30-18-7-5-6-8-20(18)39-28/h5-8,17,19,21H,9-14,16H2,1-4H3,(H,30,36)(H,31,37). The maximum Gasteiger partial charge on any atom is 0.407 e. The molecule has 3 heterocycles. The number of methoxy groups -OCH3 is 1. The lowest BCUT2D eigenvalue weighted by Crippen LogP contribution is -2.62. The molecule has 11 nitrogen and oxygen atoms in total. The van der Waals surface area contributed by atoms with Crippen LogP contribution in [0.3, 0.4) is 0 Å². The van der Waals surface area contributed by atoms with Crippen LogP contribution in [0.1, 0.15) is 52.9 Å². The first-order chi connectivity index (χ1) is 18.4. The summed E-state index contributed by atoms with van der Waals surface area (Å²) in [5.74, 6) is -0.665. The van der Waals surface area contributed by atoms with Crippen LogP contribution in [0.2, 0.25) is 0 Å². The van der Waals surface area contributed by atoms with Gasteiger partial charge in [-0.15, -0.1) is 0 Å². The molecule has 4 aliphatic rings. The van der Waals surface area contributed by atoms with Gasteiger partial charge in [-0.3, -0.25) is 14.4 Å². The zero-order valence-corrected chi connectivity index (χ0v) is 22.8. The number of alkyl carbamates (subject to hydrolysis) is 1. The van der Waals surface area contributed by atoms with Crippen LogP contribution in [0.5, 0.6) is 5.75 Å². The lowest BCUT2D eigenvalue weighted by molar-refractivity contribution is -0.152. The Morgan fingerprint density at radius 2 is 1.90 bits per heavy atom. The Balaban J connectivity index is 1.43. The number of piperidine rings is 1. The van der Waals surface area contributed by atoms with Crippen LogP contribution in [-0.4, -0.2) is 77.5 Å². The van der Waals surface area contributed by atoms with Gasteiger partial charge in [-0.05, 0) is 48.6 Å². The third-order valence-corrected chi connectivity index (χ3v) is 8.58. The van der Waals surface area contributed by atoms with E-state index in [0.29, 0.717) is 24.4 Å². The largest absolute Gasteiger partial charge is 0.473 e. The molecule has 4 amide bonds. The smallest absolute Gasteiger partial charge is 0.407 e. The van der Waals surface area contributed by atoms with E-state index in [0.717, 1.165) is 19.3 Å². The molecule has 0 bridgehead atoms. The summed E-state index contributed by atoms with van der Waals surface area (Å²) in [6.45, 7) is 5.77. The molecular weight excluding hydrogens is 502 g/mol. The van der Waals surface area contributed by atoms with Gasteiger partial charge in [0.2, 0.25) is 17.4 Å². The molecule has 39 heavy (non-hydrogen) atoms. The SMILES string of the molecule is COC(=O)NC(C(=O)N1CCC2(CC2)CC1C(=O)N1CC2(CC1C#N)Oc1ccccc1NC2=O)C(C)(C)C. The second kappa shape index (κ2) is 9.43. The molecule has 1 saturated carbocycles. The summed E-state index contributed by atoms with van der Waals surface area (Å²) in [4.78, 5) is 56.4. The van der Waals surface area contributed by atoms with E-state index < -0.39 is 41.1 Å². The van der Waals surface area contributed by atoms with Crippen LogP contribution in [-0.2, 0) is 19.1 Å². The molecule has 2 saturated heterocycles. The van der Waals surface area contributed by atoms with Gasteiger partial charge in [0.15, 0.2) is 0 Å². The summed E-state index contributed by atoms with van der Waals surface area (Å²) in [6, 6.07) is 6.59. The predicted octanol–water partition coefficient (Wildman–Crippen LogP) is 2.42. The van der Waals surface area contributed by atoms with Crippen LogP contribution in [0.15, 0.2) is 24.3 Å². The zero-order valence-electron chi connectivity index (χ0n) is 22.8. The van der Waals surface area contributed by atoms with E-state index in [4.69, 9.17) is 9.47 Å². The maximum atomic E-state index is 14.2. The summed E-state index contributed by atoms with van der Waals surface area (Å²) in [5, 5.41) is 15.5. The molecule has 3 fully saturated rings. The topological polar surface area (TPSA) is 141 Å². The molecule has 0 aromatic heterocycles. The molecule has 2 N–H and O–H groups in total. The number of carbonyl (C=O) groups excluding carboxylic acids is 4. The van der Waals surface area contributed by atoms with Gasteiger partial charge in [-0.2, -0.15) is 5.26 Å². The number of benzene rings is 1. The van der Waals surface area contributed by atoms with Crippen LogP contribution < -0.4 is 15.4 Å². The first kappa shape index (κ1) is 26.8. The van der Waals surface area contributed by atoms with Crippen molar-refractivity contribution in [1.29, 1.82) is 5.26 Å². The Labute approximate surface area is 227 Å². The number of nitrogens with one attached hydrogen (secondary N) is 2. The van der Waals surface area contributed by atoms with Crippen molar-refractivity contribution in [3.05, 3.63) is 24.3 Å². The molecule has 2 spiro atoms. The number of ether oxygens (including phenoxy) is 2. The quantitative estimate of drug-likeness (QED) is 0.603. The fraction of sp³-hybridized carbons (Fsp3) is 0.607. The highest BCUT2D eigenvalue weighted by atomic mass is 16.5. The van der Waals surface area contributed by atoms with E-state index in [1.807, 2.05) is 20.8 Å². The molecule has 5 rings (SSSR count). The van der Waals surface area contributed by atoms with Crippen molar-refractivity contribution >= 4 is 29.5 Å². The van der Waals surface area contributed by atoms with Gasteiger partial charge in [-0.25, -0.2) is 4.79 Å². The highest BCUT2D eigenvalue weighted by Crippen LogP contribution is 2.55. The molecule has 0 radical (unpaired) electrons. The molecule has 208 valence electrons. The Morgan fingerprint density at radius 3 is 2.54 bits per heavy atom. The summed E-state index contributed by atoms with van der Waals surface area (Å²) < 4.78 is 10.9. The van der Waals surface area contributed by atoms with Gasteiger partial charge < -0.3 is 29.9 Å². The fourth-order valence-corrected chi connectivity index (χ4v) is 6.04. The lowest BCUT2D eigenvalue weighted by Gasteiger charge is -2.44. The third-order valence-electron chi connectivity index (χ3n) is 8.58. The number of carbonyl (C=O) groups is 4. The summed E-state index contributed by atoms with van der Waals surface area (Å²) in [7, 11) is 1.23. The number of anilines is 1. The van der Waals surface area contributed by atoms with Crippen molar-refractivity contribution in [2.75, 3.05) is 25.5 Å². The fourth-order valence-electron chi connectivity index (χ4n) is 6.04. The molecule has 11 heteroatoms. The Kier molecular flexibility index (Phi) is 6.48. The van der Waals surface area contributed by atoms with Gasteiger partial charge in [-0.1, -0.05) is 32.9 Å². The van der Waals surface area contributed by atoms with Crippen molar-refractivity contribution in [2.45, 2.75) is 76.6 Å². The number of nitriles is 1. The number of rotatable bonds is 3. The van der Waals surface area contributed by atoms with Crippen molar-refractivity contribution in [2.24, 2.45) is 10.8 Å². The van der Waals surface area contributed by atoms with E-state index in [1.54, 1.807) is 29.2 Å². The summed E-state index contributed by atoms with van der Waals surface area (Å²) in [6.07, 6.45) is 2.51. The predicted molar refractivity (Wildman–Crippen MR) is 139 cm³/mol. The number of hydrogen-bond acceptors (Lipinski definition) is 7. The summed E-state index contributed by atoms with van der Waals surface area (Å²) in [5.41, 5.74) is -1.51. The first-order valence-corrected chi connectivity index (χ1v) is 13.4. The van der Waals surface area contributed by atoms with Gasteiger partial charge in [0.05, 0.1) is 25.4 Å². The van der Waals surface area contributed by atoms with Gasteiger partial charge in [0.1, 0.15) is 23.9 Å². The first-order valence-electron chi connectivity index (χ1n) is 13.4. The number of hydrogen-bond donors (Lipinski definition) is 2. The second-order valence-electron chi connectivity index (χ2n) is 12.3. The van der Waals surface area contributed by atoms with E-state index in [1.165, 1.54) is 12.0 Å².